The Morgan fingerprint density at radius 2 is 1.91 bits per heavy atom. The first-order valence-electron chi connectivity index (χ1n) is 10.9. The van der Waals surface area contributed by atoms with Gasteiger partial charge in [-0.25, -0.2) is 4.98 Å². The molecule has 0 atom stereocenters. The van der Waals surface area contributed by atoms with E-state index in [9.17, 15) is 4.79 Å². The molecule has 0 spiro atoms. The summed E-state index contributed by atoms with van der Waals surface area (Å²) in [5, 5.41) is 0.705. The van der Waals surface area contributed by atoms with Crippen molar-refractivity contribution in [1.29, 1.82) is 0 Å². The Hall–Kier alpha value is -2.83. The van der Waals surface area contributed by atoms with Gasteiger partial charge in [0, 0.05) is 61.7 Å². The van der Waals surface area contributed by atoms with E-state index in [-0.39, 0.29) is 5.91 Å². The summed E-state index contributed by atoms with van der Waals surface area (Å²) in [5.41, 5.74) is 2.08. The highest BCUT2D eigenvalue weighted by atomic mass is 35.5. The van der Waals surface area contributed by atoms with Crippen molar-refractivity contribution in [2.45, 2.75) is 25.8 Å². The third kappa shape index (κ3) is 5.69. The van der Waals surface area contributed by atoms with Crippen LogP contribution in [0.25, 0.3) is 11.3 Å². The molecule has 7 heteroatoms. The van der Waals surface area contributed by atoms with E-state index in [1.54, 1.807) is 13.3 Å². The number of rotatable bonds is 8. The van der Waals surface area contributed by atoms with Gasteiger partial charge >= 0.3 is 0 Å². The van der Waals surface area contributed by atoms with Gasteiger partial charge in [-0.05, 0) is 24.6 Å². The topological polar surface area (TPSA) is 58.8 Å². The molecule has 0 N–H and O–H groups in total. The maximum Gasteiger partial charge on any atom is 0.222 e. The average Bonchev–Trinajstić information content (AvgIpc) is 3.29. The number of hydrogen-bond acceptors (Lipinski definition) is 5. The van der Waals surface area contributed by atoms with Crippen molar-refractivity contribution >= 4 is 17.5 Å². The minimum atomic E-state index is 0.194. The van der Waals surface area contributed by atoms with Gasteiger partial charge in [0.15, 0.2) is 11.7 Å². The molecule has 1 amide bonds. The molecular formula is C25H28ClN3O3. The van der Waals surface area contributed by atoms with Crippen LogP contribution in [0, 0.1) is 0 Å². The molecule has 0 unspecified atom stereocenters. The Kier molecular flexibility index (Phi) is 7.45. The molecule has 0 aliphatic carbocycles. The van der Waals surface area contributed by atoms with E-state index < -0.39 is 0 Å². The van der Waals surface area contributed by atoms with Crippen molar-refractivity contribution in [3.8, 4) is 17.1 Å². The number of aryl methyl sites for hydroxylation is 1. The number of hydrogen-bond donors (Lipinski definition) is 0. The second-order valence-corrected chi connectivity index (χ2v) is 8.39. The smallest absolute Gasteiger partial charge is 0.222 e. The van der Waals surface area contributed by atoms with Gasteiger partial charge in [-0.3, -0.25) is 9.69 Å². The standard InChI is InChI=1S/C25H28ClN3O3/c1-31-22-11-10-21(26)16-20(22)18-28-12-14-29(15-13-28)25(30)9-5-8-24-27-17-23(32-24)19-6-3-2-4-7-19/h2-4,6-7,10-11,16-17H,5,8-9,12-15,18H2,1H3. The zero-order valence-corrected chi connectivity index (χ0v) is 19.1. The van der Waals surface area contributed by atoms with Crippen LogP contribution in [-0.4, -0.2) is 54.0 Å². The average molecular weight is 454 g/mol. The van der Waals surface area contributed by atoms with Crippen LogP contribution in [0.2, 0.25) is 5.02 Å². The molecule has 1 fully saturated rings. The number of ether oxygens (including phenoxy) is 1. The lowest BCUT2D eigenvalue weighted by Crippen LogP contribution is -2.48. The molecule has 3 aromatic rings. The van der Waals surface area contributed by atoms with Gasteiger partial charge in [0.05, 0.1) is 13.3 Å². The van der Waals surface area contributed by atoms with Crippen molar-refractivity contribution in [3.63, 3.8) is 0 Å². The van der Waals surface area contributed by atoms with Crippen LogP contribution in [0.4, 0.5) is 0 Å². The van der Waals surface area contributed by atoms with Crippen molar-refractivity contribution in [3.05, 3.63) is 71.2 Å². The molecule has 4 rings (SSSR count). The van der Waals surface area contributed by atoms with Crippen LogP contribution in [0.1, 0.15) is 24.3 Å². The van der Waals surface area contributed by atoms with Crippen molar-refractivity contribution in [2.24, 2.45) is 0 Å². The minimum absolute atomic E-state index is 0.194. The van der Waals surface area contributed by atoms with Crippen molar-refractivity contribution < 1.29 is 13.9 Å². The fourth-order valence-electron chi connectivity index (χ4n) is 3.98. The summed E-state index contributed by atoms with van der Waals surface area (Å²) in [6, 6.07) is 15.6. The number of methoxy groups -OCH3 is 1. The van der Waals surface area contributed by atoms with E-state index >= 15 is 0 Å². The SMILES string of the molecule is COc1ccc(Cl)cc1CN1CCN(C(=O)CCCc2ncc(-c3ccccc3)o2)CC1. The number of aromatic nitrogens is 1. The third-order valence-electron chi connectivity index (χ3n) is 5.75. The van der Waals surface area contributed by atoms with Gasteiger partial charge in [-0.15, -0.1) is 0 Å². The summed E-state index contributed by atoms with van der Waals surface area (Å²) < 4.78 is 11.3. The monoisotopic (exact) mass is 453 g/mol. The van der Waals surface area contributed by atoms with Gasteiger partial charge in [0.2, 0.25) is 5.91 Å². The molecule has 1 aromatic heterocycles. The Morgan fingerprint density at radius 1 is 1.12 bits per heavy atom. The minimum Gasteiger partial charge on any atom is -0.496 e. The second-order valence-electron chi connectivity index (χ2n) is 7.95. The first-order valence-corrected chi connectivity index (χ1v) is 11.3. The number of oxazole rings is 1. The van der Waals surface area contributed by atoms with E-state index in [1.165, 1.54) is 0 Å². The maximum absolute atomic E-state index is 12.6. The number of piperazine rings is 1. The summed E-state index contributed by atoms with van der Waals surface area (Å²) in [6.45, 7) is 3.90. The van der Waals surface area contributed by atoms with Crippen LogP contribution < -0.4 is 4.74 Å². The number of carbonyl (C=O) groups excluding carboxylic acids is 1. The lowest BCUT2D eigenvalue weighted by Gasteiger charge is -2.35. The Labute approximate surface area is 193 Å². The molecule has 2 aromatic carbocycles. The number of benzene rings is 2. The normalized spacial score (nSPS) is 14.5. The molecular weight excluding hydrogens is 426 g/mol. The van der Waals surface area contributed by atoms with E-state index in [0.29, 0.717) is 23.8 Å². The highest BCUT2D eigenvalue weighted by Gasteiger charge is 2.22. The fraction of sp³-hybridized carbons (Fsp3) is 0.360. The van der Waals surface area contributed by atoms with Crippen molar-refractivity contribution in [1.82, 2.24) is 14.8 Å². The molecule has 168 valence electrons. The van der Waals surface area contributed by atoms with E-state index in [0.717, 1.165) is 61.8 Å². The third-order valence-corrected chi connectivity index (χ3v) is 5.99. The van der Waals surface area contributed by atoms with Crippen LogP contribution in [0.15, 0.2) is 59.1 Å². The number of carbonyl (C=O) groups is 1. The Balaban J connectivity index is 1.21. The Morgan fingerprint density at radius 3 is 2.66 bits per heavy atom. The lowest BCUT2D eigenvalue weighted by atomic mass is 10.1. The molecule has 1 aliphatic rings. The quantitative estimate of drug-likeness (QED) is 0.496. The van der Waals surface area contributed by atoms with Crippen molar-refractivity contribution in [2.75, 3.05) is 33.3 Å². The van der Waals surface area contributed by atoms with Gasteiger partial charge < -0.3 is 14.1 Å². The molecule has 1 saturated heterocycles. The van der Waals surface area contributed by atoms with Gasteiger partial charge in [-0.1, -0.05) is 41.9 Å². The van der Waals surface area contributed by atoms with Gasteiger partial charge in [-0.2, -0.15) is 0 Å². The molecule has 2 heterocycles. The summed E-state index contributed by atoms with van der Waals surface area (Å²) in [6.07, 6.45) is 3.65. The lowest BCUT2D eigenvalue weighted by molar-refractivity contribution is -0.133. The highest BCUT2D eigenvalue weighted by Crippen LogP contribution is 2.25. The van der Waals surface area contributed by atoms with Crippen LogP contribution >= 0.6 is 11.6 Å². The number of nitrogens with zero attached hydrogens (tertiary/aromatic N) is 3. The number of amides is 1. The van der Waals surface area contributed by atoms with Gasteiger partial charge in [0.1, 0.15) is 5.75 Å². The highest BCUT2D eigenvalue weighted by molar-refractivity contribution is 6.30. The first kappa shape index (κ1) is 22.4. The first-order chi connectivity index (χ1) is 15.6. The largest absolute Gasteiger partial charge is 0.496 e. The fourth-order valence-corrected chi connectivity index (χ4v) is 4.17. The molecule has 0 saturated carbocycles. The summed E-state index contributed by atoms with van der Waals surface area (Å²) in [7, 11) is 1.67. The summed E-state index contributed by atoms with van der Waals surface area (Å²) >= 11 is 6.14. The number of halogens is 1. The zero-order chi connectivity index (χ0) is 22.3. The zero-order valence-electron chi connectivity index (χ0n) is 18.3. The van der Waals surface area contributed by atoms with Crippen LogP contribution in [-0.2, 0) is 17.8 Å². The van der Waals surface area contributed by atoms with E-state index in [1.807, 2.05) is 53.4 Å². The maximum atomic E-state index is 12.6. The van der Waals surface area contributed by atoms with Crippen LogP contribution in [0.3, 0.4) is 0 Å². The molecule has 0 bridgehead atoms. The second kappa shape index (κ2) is 10.7. The molecule has 1 aliphatic heterocycles. The molecule has 0 radical (unpaired) electrons. The van der Waals surface area contributed by atoms with Crippen LogP contribution in [0.5, 0.6) is 5.75 Å². The predicted octanol–water partition coefficient (Wildman–Crippen LogP) is 4.67. The summed E-state index contributed by atoms with van der Waals surface area (Å²) in [5.74, 6) is 2.48. The molecule has 32 heavy (non-hydrogen) atoms. The molecule has 6 nitrogen and oxygen atoms in total. The predicted molar refractivity (Wildman–Crippen MR) is 125 cm³/mol. The summed E-state index contributed by atoms with van der Waals surface area (Å²) in [4.78, 5) is 21.3. The van der Waals surface area contributed by atoms with E-state index in [2.05, 4.69) is 9.88 Å². The Bertz CT molecular complexity index is 1030. The van der Waals surface area contributed by atoms with E-state index in [4.69, 9.17) is 20.8 Å². The van der Waals surface area contributed by atoms with Gasteiger partial charge in [0.25, 0.3) is 0 Å².